The molecule has 2 aliphatic rings. The second-order valence-corrected chi connectivity index (χ2v) is 12.0. The molecule has 3 aromatic rings. The molecule has 0 aliphatic carbocycles. The van der Waals surface area contributed by atoms with Gasteiger partial charge in [0.05, 0.1) is 45.5 Å². The van der Waals surface area contributed by atoms with E-state index >= 15 is 4.39 Å². The van der Waals surface area contributed by atoms with Crippen LogP contribution in [-0.2, 0) is 4.79 Å². The highest BCUT2D eigenvalue weighted by Crippen LogP contribution is 2.48. The molecule has 1 amide bonds. The fourth-order valence-electron chi connectivity index (χ4n) is 6.47. The van der Waals surface area contributed by atoms with Crippen LogP contribution in [-0.4, -0.2) is 69.6 Å². The van der Waals surface area contributed by atoms with Crippen molar-refractivity contribution < 1.29 is 14.3 Å². The Hall–Kier alpha value is -4.48. The number of aryl methyl sites for hydroxylation is 2. The third-order valence-corrected chi connectivity index (χ3v) is 9.02. The zero-order valence-corrected chi connectivity index (χ0v) is 26.5. The highest BCUT2D eigenvalue weighted by Gasteiger charge is 2.40. The summed E-state index contributed by atoms with van der Waals surface area (Å²) in [6, 6.07) is 4.70. The number of aliphatic hydroxyl groups excluding tert-OH is 1. The zero-order valence-electron chi connectivity index (χ0n) is 25.8. The minimum atomic E-state index is -0.939. The molecule has 236 valence electrons. The number of anilines is 4. The monoisotopic (exact) mass is 632 g/mol. The number of nitrogens with two attached hydrogens (primary N) is 1. The molecule has 5 rings (SSSR count). The number of nitrogens with one attached hydrogen (secondary N) is 4. The number of halogens is 2. The van der Waals surface area contributed by atoms with Crippen LogP contribution in [0, 0.1) is 30.5 Å². The molecule has 2 aliphatic heterocycles. The van der Waals surface area contributed by atoms with Gasteiger partial charge in [0, 0.05) is 54.9 Å². The number of piperazine rings is 1. The number of fused-ring (bicyclic) bond motifs is 2. The molecule has 0 radical (unpaired) electrons. The molecule has 12 heteroatoms. The average Bonchev–Trinajstić information content (AvgIpc) is 2.99. The molecular weight excluding hydrogens is 595 g/mol. The summed E-state index contributed by atoms with van der Waals surface area (Å²) in [5, 5.41) is 34.9. The minimum Gasteiger partial charge on any atom is -0.398 e. The van der Waals surface area contributed by atoms with Gasteiger partial charge in [0.1, 0.15) is 5.84 Å². The highest BCUT2D eigenvalue weighted by atomic mass is 35.5. The molecule has 10 nitrogen and oxygen atoms in total. The van der Waals surface area contributed by atoms with Gasteiger partial charge in [-0.2, -0.15) is 0 Å². The Morgan fingerprint density at radius 1 is 1.24 bits per heavy atom. The molecule has 0 spiro atoms. The molecule has 0 bridgehead atoms. The number of amides is 1. The van der Waals surface area contributed by atoms with E-state index in [0.29, 0.717) is 59.8 Å². The fraction of sp³-hybridized carbons (Fsp3) is 0.333. The van der Waals surface area contributed by atoms with E-state index in [4.69, 9.17) is 22.7 Å². The predicted molar refractivity (Wildman–Crippen MR) is 179 cm³/mol. The maximum atomic E-state index is 17.0. The van der Waals surface area contributed by atoms with Crippen molar-refractivity contribution in [1.82, 2.24) is 14.8 Å². The molecule has 1 saturated heterocycles. The van der Waals surface area contributed by atoms with Gasteiger partial charge in [-0.25, -0.2) is 4.39 Å². The predicted octanol–water partition coefficient (Wildman–Crippen LogP) is 5.76. The lowest BCUT2D eigenvalue weighted by atomic mass is 9.89. The van der Waals surface area contributed by atoms with E-state index in [-0.39, 0.29) is 51.4 Å². The number of carbonyl (C=O) groups is 1. The number of benzene rings is 2. The van der Waals surface area contributed by atoms with E-state index < -0.39 is 11.9 Å². The molecule has 45 heavy (non-hydrogen) atoms. The Morgan fingerprint density at radius 3 is 2.64 bits per heavy atom. The molecule has 1 aromatic heterocycles. The van der Waals surface area contributed by atoms with E-state index in [2.05, 4.69) is 22.2 Å². The number of aliphatic hydroxyl groups is 1. The molecule has 2 aromatic carbocycles. The van der Waals surface area contributed by atoms with Gasteiger partial charge in [-0.05, 0) is 69.0 Å². The molecule has 1 fully saturated rings. The van der Waals surface area contributed by atoms with Gasteiger partial charge in [-0.3, -0.25) is 15.2 Å². The number of aromatic nitrogens is 1. The van der Waals surface area contributed by atoms with Crippen LogP contribution >= 0.6 is 11.6 Å². The van der Waals surface area contributed by atoms with Gasteiger partial charge in [-0.1, -0.05) is 24.2 Å². The van der Waals surface area contributed by atoms with Crippen LogP contribution in [0.3, 0.4) is 0 Å². The third-order valence-electron chi connectivity index (χ3n) is 8.64. The smallest absolute Gasteiger partial charge is 0.246 e. The van der Waals surface area contributed by atoms with Crippen molar-refractivity contribution >= 4 is 52.3 Å². The van der Waals surface area contributed by atoms with E-state index in [1.807, 2.05) is 18.7 Å². The first-order valence-corrected chi connectivity index (χ1v) is 15.2. The normalized spacial score (nSPS) is 18.6. The average molecular weight is 633 g/mol. The van der Waals surface area contributed by atoms with Gasteiger partial charge < -0.3 is 36.7 Å². The Labute approximate surface area is 267 Å². The number of nitrogens with zero attached hydrogens (tertiary/aromatic N) is 3. The lowest BCUT2D eigenvalue weighted by Gasteiger charge is -2.48. The fourth-order valence-corrected chi connectivity index (χ4v) is 6.78. The summed E-state index contributed by atoms with van der Waals surface area (Å²) in [7, 11) is 0. The third kappa shape index (κ3) is 5.51. The molecular formula is C33H38ClFN8O2. The van der Waals surface area contributed by atoms with Crippen LogP contribution in [0.1, 0.15) is 54.3 Å². The first-order valence-electron chi connectivity index (χ1n) is 14.8. The molecule has 3 unspecified atom stereocenters. The Kier molecular flexibility index (Phi) is 8.86. The Bertz CT molecular complexity index is 1730. The largest absolute Gasteiger partial charge is 0.398 e. The summed E-state index contributed by atoms with van der Waals surface area (Å²) in [6.07, 6.45) is 3.56. The summed E-state index contributed by atoms with van der Waals surface area (Å²) < 4.78 is 17.0. The van der Waals surface area contributed by atoms with Gasteiger partial charge in [0.25, 0.3) is 0 Å². The van der Waals surface area contributed by atoms with Crippen LogP contribution in [0.25, 0.3) is 11.1 Å². The highest BCUT2D eigenvalue weighted by molar-refractivity contribution is 6.38. The van der Waals surface area contributed by atoms with E-state index in [9.17, 15) is 15.3 Å². The lowest BCUT2D eigenvalue weighted by Crippen LogP contribution is -2.61. The Balaban J connectivity index is 1.81. The molecule has 0 saturated carbocycles. The molecule has 3 atom stereocenters. The van der Waals surface area contributed by atoms with Gasteiger partial charge >= 0.3 is 0 Å². The second kappa shape index (κ2) is 12.5. The number of carbonyl (C=O) groups excluding carboxylic acids is 1. The van der Waals surface area contributed by atoms with E-state index in [1.54, 1.807) is 43.1 Å². The van der Waals surface area contributed by atoms with Crippen molar-refractivity contribution in [3.05, 3.63) is 75.8 Å². The number of hydrogen-bond acceptors (Lipinski definition) is 8. The summed E-state index contributed by atoms with van der Waals surface area (Å²) in [5.41, 5.74) is 10.1. The van der Waals surface area contributed by atoms with E-state index in [0.717, 1.165) is 11.8 Å². The van der Waals surface area contributed by atoms with Crippen molar-refractivity contribution in [1.29, 1.82) is 10.8 Å². The number of rotatable bonds is 6. The van der Waals surface area contributed by atoms with Crippen LogP contribution in [0.4, 0.5) is 27.1 Å². The summed E-state index contributed by atoms with van der Waals surface area (Å²) >= 11 is 7.22. The summed E-state index contributed by atoms with van der Waals surface area (Å²) in [5.74, 6) is -0.818. The van der Waals surface area contributed by atoms with Crippen LogP contribution in [0.2, 0.25) is 5.02 Å². The topological polar surface area (TPSA) is 154 Å². The molecule has 3 heterocycles. The van der Waals surface area contributed by atoms with Crippen LogP contribution < -0.4 is 16.4 Å². The Morgan fingerprint density at radius 2 is 1.98 bits per heavy atom. The second-order valence-electron chi connectivity index (χ2n) is 11.6. The standard InChI is InChI=1S/C33H38ClFN8O2/c1-6-23(45)42-14-18(4)43-20(15-42)10-12-40-32-26(33(43)38)31(41-29-17(3)9-11-39-30(29)19(5)44)27(34)25(28(32)35)24-16(2)7-8-22(37)21(24)13-36/h6-9,11,13,18-20,36,38,40-41,44H,1,10,12,14-15,37H2,2-5H3. The zero-order chi connectivity index (χ0) is 32.7. The number of pyridine rings is 1. The summed E-state index contributed by atoms with van der Waals surface area (Å²) in [6.45, 7) is 11.9. The van der Waals surface area contributed by atoms with Gasteiger partial charge in [0.2, 0.25) is 5.91 Å². The van der Waals surface area contributed by atoms with Crippen molar-refractivity contribution in [3.8, 4) is 11.1 Å². The van der Waals surface area contributed by atoms with Crippen molar-refractivity contribution in [2.24, 2.45) is 0 Å². The van der Waals surface area contributed by atoms with Crippen molar-refractivity contribution in [3.63, 3.8) is 0 Å². The summed E-state index contributed by atoms with van der Waals surface area (Å²) in [4.78, 5) is 20.6. The maximum absolute atomic E-state index is 17.0. The van der Waals surface area contributed by atoms with Gasteiger partial charge in [0.15, 0.2) is 5.82 Å². The van der Waals surface area contributed by atoms with Crippen molar-refractivity contribution in [2.75, 3.05) is 36.0 Å². The maximum Gasteiger partial charge on any atom is 0.246 e. The SMILES string of the molecule is C=CC(=O)N1CC(C)N2C(=N)c3c(c(F)c(-c4c(C)ccc(N)c4C=N)c(Cl)c3Nc3c(C)ccnc3C(C)O)NCCC2C1. The quantitative estimate of drug-likeness (QED) is 0.115. The first-order chi connectivity index (χ1) is 21.4. The molecule has 7 N–H and O–H groups in total. The first kappa shape index (κ1) is 31.9. The van der Waals surface area contributed by atoms with Gasteiger partial charge in [-0.15, -0.1) is 0 Å². The number of amidine groups is 1. The van der Waals surface area contributed by atoms with Crippen LogP contribution in [0.5, 0.6) is 0 Å². The lowest BCUT2D eigenvalue weighted by molar-refractivity contribution is -0.129. The van der Waals surface area contributed by atoms with Crippen LogP contribution in [0.15, 0.2) is 37.1 Å². The van der Waals surface area contributed by atoms with E-state index in [1.165, 1.54) is 6.08 Å². The number of nitrogen functional groups attached to an aromatic ring is 1. The number of hydrogen-bond donors (Lipinski definition) is 6. The minimum absolute atomic E-state index is 0.0142. The van der Waals surface area contributed by atoms with Crippen molar-refractivity contribution in [2.45, 2.75) is 52.3 Å².